The molecule has 0 unspecified atom stereocenters. The molecule has 4 heteroatoms. The Kier molecular flexibility index (Phi) is 5.71. The first kappa shape index (κ1) is 18.2. The molecule has 136 valence electrons. The zero-order valence-corrected chi connectivity index (χ0v) is 15.4. The zero-order chi connectivity index (χ0) is 18.5. The number of likely N-dealkylation sites (tertiary alicyclic amines) is 1. The van der Waals surface area contributed by atoms with Crippen LogP contribution in [0.3, 0.4) is 0 Å². The van der Waals surface area contributed by atoms with Crippen molar-refractivity contribution in [3.63, 3.8) is 0 Å². The summed E-state index contributed by atoms with van der Waals surface area (Å²) in [6.45, 7) is 3.33. The molecule has 2 aromatic carbocycles. The van der Waals surface area contributed by atoms with E-state index in [1.165, 1.54) is 0 Å². The quantitative estimate of drug-likeness (QED) is 0.772. The van der Waals surface area contributed by atoms with E-state index in [0.29, 0.717) is 19.5 Å². The minimum absolute atomic E-state index is 0.00842. The zero-order valence-electron chi connectivity index (χ0n) is 15.4. The summed E-state index contributed by atoms with van der Waals surface area (Å²) in [5.74, 6) is 1.05. The Balaban J connectivity index is 1.55. The first-order valence-corrected chi connectivity index (χ1v) is 9.09. The molecule has 0 aromatic heterocycles. The topological polar surface area (TPSA) is 46.6 Å². The van der Waals surface area contributed by atoms with Crippen molar-refractivity contribution in [1.82, 2.24) is 4.90 Å². The number of aryl methyl sites for hydroxylation is 1. The van der Waals surface area contributed by atoms with Gasteiger partial charge in [-0.05, 0) is 55.2 Å². The minimum Gasteiger partial charge on any atom is -0.497 e. The highest BCUT2D eigenvalue weighted by Gasteiger charge is 2.28. The summed E-state index contributed by atoms with van der Waals surface area (Å²) in [6.07, 6.45) is 1.89. The molecular weight excluding hydrogens is 326 g/mol. The first-order chi connectivity index (χ1) is 12.6. The minimum atomic E-state index is -0.00842. The third kappa shape index (κ3) is 4.13. The molecule has 1 heterocycles. The van der Waals surface area contributed by atoms with Gasteiger partial charge in [0.1, 0.15) is 5.75 Å². The van der Waals surface area contributed by atoms with E-state index in [2.05, 4.69) is 0 Å². The van der Waals surface area contributed by atoms with Crippen LogP contribution in [0.1, 0.15) is 34.3 Å². The van der Waals surface area contributed by atoms with Gasteiger partial charge in [0, 0.05) is 24.6 Å². The van der Waals surface area contributed by atoms with Gasteiger partial charge < -0.3 is 9.64 Å². The Labute approximate surface area is 154 Å². The summed E-state index contributed by atoms with van der Waals surface area (Å²) in [4.78, 5) is 27.1. The maximum atomic E-state index is 12.7. The van der Waals surface area contributed by atoms with E-state index in [1.54, 1.807) is 7.11 Å². The highest BCUT2D eigenvalue weighted by atomic mass is 16.5. The summed E-state index contributed by atoms with van der Waals surface area (Å²) >= 11 is 0. The number of Topliss-reactive ketones (excluding diaryl/α,β-unsaturated/α-hetero) is 1. The molecule has 3 rings (SSSR count). The van der Waals surface area contributed by atoms with Crippen molar-refractivity contribution in [3.05, 3.63) is 65.2 Å². The van der Waals surface area contributed by atoms with Gasteiger partial charge in [0.15, 0.2) is 5.78 Å². The molecule has 0 bridgehead atoms. The van der Waals surface area contributed by atoms with Gasteiger partial charge >= 0.3 is 0 Å². The molecule has 1 aliphatic heterocycles. The summed E-state index contributed by atoms with van der Waals surface area (Å²) in [6, 6.07) is 15.3. The van der Waals surface area contributed by atoms with Crippen LogP contribution in [0.5, 0.6) is 5.75 Å². The molecule has 4 nitrogen and oxygen atoms in total. The number of piperidine rings is 1. The second kappa shape index (κ2) is 8.17. The van der Waals surface area contributed by atoms with Crippen molar-refractivity contribution in [2.24, 2.45) is 5.92 Å². The fourth-order valence-corrected chi connectivity index (χ4v) is 3.47. The fourth-order valence-electron chi connectivity index (χ4n) is 3.47. The van der Waals surface area contributed by atoms with Crippen molar-refractivity contribution < 1.29 is 14.3 Å². The van der Waals surface area contributed by atoms with Gasteiger partial charge in [0.25, 0.3) is 0 Å². The summed E-state index contributed by atoms with van der Waals surface area (Å²) in [5.41, 5.74) is 2.94. The van der Waals surface area contributed by atoms with Crippen LogP contribution in [-0.4, -0.2) is 36.8 Å². The fraction of sp³-hybridized carbons (Fsp3) is 0.364. The number of ether oxygens (including phenoxy) is 1. The third-order valence-electron chi connectivity index (χ3n) is 5.20. The van der Waals surface area contributed by atoms with Crippen LogP contribution < -0.4 is 4.74 Å². The maximum Gasteiger partial charge on any atom is 0.226 e. The number of hydrogen-bond acceptors (Lipinski definition) is 3. The van der Waals surface area contributed by atoms with Crippen molar-refractivity contribution in [2.45, 2.75) is 26.2 Å². The second-order valence-electron chi connectivity index (χ2n) is 6.85. The monoisotopic (exact) mass is 351 g/mol. The van der Waals surface area contributed by atoms with Crippen LogP contribution in [0.2, 0.25) is 0 Å². The number of benzene rings is 2. The van der Waals surface area contributed by atoms with Crippen molar-refractivity contribution >= 4 is 11.7 Å². The Morgan fingerprint density at radius 3 is 2.31 bits per heavy atom. The van der Waals surface area contributed by atoms with E-state index in [1.807, 2.05) is 60.4 Å². The van der Waals surface area contributed by atoms with E-state index >= 15 is 0 Å². The lowest BCUT2D eigenvalue weighted by Crippen LogP contribution is -2.41. The molecule has 0 N–H and O–H groups in total. The van der Waals surface area contributed by atoms with Crippen LogP contribution in [0, 0.1) is 12.8 Å². The van der Waals surface area contributed by atoms with Gasteiger partial charge in [-0.3, -0.25) is 9.59 Å². The second-order valence-corrected chi connectivity index (χ2v) is 6.85. The van der Waals surface area contributed by atoms with E-state index in [0.717, 1.165) is 35.3 Å². The molecular formula is C22H25NO3. The van der Waals surface area contributed by atoms with Crippen LogP contribution >= 0.6 is 0 Å². The number of nitrogens with zero attached hydrogens (tertiary/aromatic N) is 1. The first-order valence-electron chi connectivity index (χ1n) is 9.09. The molecule has 0 radical (unpaired) electrons. The van der Waals surface area contributed by atoms with E-state index < -0.39 is 0 Å². The van der Waals surface area contributed by atoms with Crippen LogP contribution in [-0.2, 0) is 11.2 Å². The van der Waals surface area contributed by atoms with Gasteiger partial charge in [0.05, 0.1) is 13.5 Å². The van der Waals surface area contributed by atoms with E-state index in [-0.39, 0.29) is 17.6 Å². The Hall–Kier alpha value is -2.62. The normalized spacial score (nSPS) is 14.9. The molecule has 1 fully saturated rings. The van der Waals surface area contributed by atoms with Crippen molar-refractivity contribution in [1.29, 1.82) is 0 Å². The molecule has 0 atom stereocenters. The average Bonchev–Trinajstić information content (AvgIpc) is 2.69. The number of rotatable bonds is 5. The molecule has 0 saturated carbocycles. The van der Waals surface area contributed by atoms with E-state index in [4.69, 9.17) is 4.74 Å². The third-order valence-corrected chi connectivity index (χ3v) is 5.20. The Bertz CT molecular complexity index is 774. The predicted octanol–water partition coefficient (Wildman–Crippen LogP) is 3.67. The van der Waals surface area contributed by atoms with Gasteiger partial charge in [-0.15, -0.1) is 0 Å². The largest absolute Gasteiger partial charge is 0.497 e. The van der Waals surface area contributed by atoms with Gasteiger partial charge in [0.2, 0.25) is 5.91 Å². The standard InChI is InChI=1S/C22H25NO3/c1-16-5-3-4-6-19(16)15-21(24)23-13-11-18(12-14-23)22(25)17-7-9-20(26-2)10-8-17/h3-10,18H,11-15H2,1-2H3. The number of carbonyl (C=O) groups is 2. The number of ketones is 1. The molecule has 26 heavy (non-hydrogen) atoms. The average molecular weight is 351 g/mol. The Morgan fingerprint density at radius 1 is 1.04 bits per heavy atom. The molecule has 0 spiro atoms. The number of amides is 1. The van der Waals surface area contributed by atoms with Gasteiger partial charge in [-0.25, -0.2) is 0 Å². The lowest BCUT2D eigenvalue weighted by Gasteiger charge is -2.31. The summed E-state index contributed by atoms with van der Waals surface area (Å²) in [7, 11) is 1.61. The molecule has 2 aromatic rings. The van der Waals surface area contributed by atoms with Gasteiger partial charge in [-0.1, -0.05) is 24.3 Å². The number of carbonyl (C=O) groups excluding carboxylic acids is 2. The van der Waals surface area contributed by atoms with Gasteiger partial charge in [-0.2, -0.15) is 0 Å². The summed E-state index contributed by atoms with van der Waals surface area (Å²) in [5, 5.41) is 0. The van der Waals surface area contributed by atoms with Crippen LogP contribution in [0.4, 0.5) is 0 Å². The van der Waals surface area contributed by atoms with Crippen molar-refractivity contribution in [2.75, 3.05) is 20.2 Å². The molecule has 0 aliphatic carbocycles. The molecule has 1 aliphatic rings. The SMILES string of the molecule is COc1ccc(C(=O)C2CCN(C(=O)Cc3ccccc3C)CC2)cc1. The molecule has 1 amide bonds. The van der Waals surface area contributed by atoms with Crippen LogP contribution in [0.15, 0.2) is 48.5 Å². The highest BCUT2D eigenvalue weighted by molar-refractivity contribution is 5.98. The lowest BCUT2D eigenvalue weighted by molar-refractivity contribution is -0.131. The number of methoxy groups -OCH3 is 1. The lowest BCUT2D eigenvalue weighted by atomic mass is 9.88. The summed E-state index contributed by atoms with van der Waals surface area (Å²) < 4.78 is 5.14. The number of hydrogen-bond donors (Lipinski definition) is 0. The molecule has 1 saturated heterocycles. The van der Waals surface area contributed by atoms with Crippen molar-refractivity contribution in [3.8, 4) is 5.75 Å². The highest BCUT2D eigenvalue weighted by Crippen LogP contribution is 2.23. The van der Waals surface area contributed by atoms with E-state index in [9.17, 15) is 9.59 Å². The maximum absolute atomic E-state index is 12.7. The smallest absolute Gasteiger partial charge is 0.226 e. The van der Waals surface area contributed by atoms with Crippen LogP contribution in [0.25, 0.3) is 0 Å². The predicted molar refractivity (Wildman–Crippen MR) is 102 cm³/mol. The Morgan fingerprint density at radius 2 is 1.69 bits per heavy atom.